The van der Waals surface area contributed by atoms with Gasteiger partial charge in [0.1, 0.15) is 5.58 Å². The van der Waals surface area contributed by atoms with Gasteiger partial charge in [-0.1, -0.05) is 24.3 Å². The second-order valence-corrected chi connectivity index (χ2v) is 3.97. The van der Waals surface area contributed by atoms with Crippen LogP contribution in [0.3, 0.4) is 0 Å². The molecule has 0 bridgehead atoms. The maximum Gasteiger partial charge on any atom is 0.284 e. The van der Waals surface area contributed by atoms with Gasteiger partial charge in [-0.3, -0.25) is 9.59 Å². The molecule has 4 heteroatoms. The van der Waals surface area contributed by atoms with E-state index in [1.165, 1.54) is 6.92 Å². The molecule has 1 aromatic heterocycles. The molecule has 0 atom stereocenters. The lowest BCUT2D eigenvalue weighted by molar-refractivity contribution is 0.0973. The van der Waals surface area contributed by atoms with Gasteiger partial charge in [0.05, 0.1) is 5.39 Å². The molecule has 0 saturated heterocycles. The number of rotatable bonds is 2. The SMILES string of the molecule is C/C=C/c1cccc2c(=O)c(C)c(C(N)=O)oc12. The first kappa shape index (κ1) is 12.1. The minimum absolute atomic E-state index is 0.0792. The largest absolute Gasteiger partial charge is 0.450 e. The average molecular weight is 243 g/mol. The van der Waals surface area contributed by atoms with Crippen molar-refractivity contribution >= 4 is 23.0 Å². The van der Waals surface area contributed by atoms with Crippen LogP contribution < -0.4 is 11.2 Å². The summed E-state index contributed by atoms with van der Waals surface area (Å²) in [5.41, 5.74) is 6.36. The Kier molecular flexibility index (Phi) is 3.02. The molecule has 1 aromatic carbocycles. The van der Waals surface area contributed by atoms with Crippen molar-refractivity contribution in [1.29, 1.82) is 0 Å². The highest BCUT2D eigenvalue weighted by atomic mass is 16.3. The molecule has 0 unspecified atom stereocenters. The van der Waals surface area contributed by atoms with Gasteiger partial charge < -0.3 is 10.2 Å². The highest BCUT2D eigenvalue weighted by molar-refractivity contribution is 5.94. The van der Waals surface area contributed by atoms with Crippen LogP contribution in [0.25, 0.3) is 17.0 Å². The van der Waals surface area contributed by atoms with E-state index in [9.17, 15) is 9.59 Å². The molecule has 0 saturated carbocycles. The van der Waals surface area contributed by atoms with Gasteiger partial charge in [0.25, 0.3) is 5.91 Å². The van der Waals surface area contributed by atoms with E-state index in [0.29, 0.717) is 11.0 Å². The van der Waals surface area contributed by atoms with Gasteiger partial charge in [-0.15, -0.1) is 0 Å². The summed E-state index contributed by atoms with van der Waals surface area (Å²) < 4.78 is 5.49. The lowest BCUT2D eigenvalue weighted by Gasteiger charge is -2.05. The van der Waals surface area contributed by atoms with Crippen LogP contribution in [0.4, 0.5) is 0 Å². The van der Waals surface area contributed by atoms with E-state index < -0.39 is 5.91 Å². The topological polar surface area (TPSA) is 73.3 Å². The van der Waals surface area contributed by atoms with Gasteiger partial charge in [0.2, 0.25) is 0 Å². The molecule has 1 heterocycles. The van der Waals surface area contributed by atoms with Gasteiger partial charge in [0, 0.05) is 11.1 Å². The summed E-state index contributed by atoms with van der Waals surface area (Å²) in [4.78, 5) is 23.4. The fraction of sp³-hybridized carbons (Fsp3) is 0.143. The second kappa shape index (κ2) is 4.49. The molecule has 18 heavy (non-hydrogen) atoms. The van der Waals surface area contributed by atoms with Gasteiger partial charge in [-0.25, -0.2) is 0 Å². The summed E-state index contributed by atoms with van der Waals surface area (Å²) in [5, 5.41) is 0.452. The summed E-state index contributed by atoms with van der Waals surface area (Å²) in [7, 11) is 0. The van der Waals surface area contributed by atoms with Crippen molar-refractivity contribution in [1.82, 2.24) is 0 Å². The second-order valence-electron chi connectivity index (χ2n) is 3.97. The molecule has 0 aliphatic rings. The van der Waals surface area contributed by atoms with E-state index in [1.54, 1.807) is 12.1 Å². The third kappa shape index (κ3) is 1.82. The first-order valence-corrected chi connectivity index (χ1v) is 5.55. The number of amides is 1. The van der Waals surface area contributed by atoms with E-state index in [4.69, 9.17) is 10.2 Å². The Morgan fingerprint density at radius 1 is 1.39 bits per heavy atom. The number of hydrogen-bond acceptors (Lipinski definition) is 3. The van der Waals surface area contributed by atoms with Crippen molar-refractivity contribution in [3.8, 4) is 0 Å². The predicted octanol–water partition coefficient (Wildman–Crippen LogP) is 2.23. The van der Waals surface area contributed by atoms with Crippen molar-refractivity contribution in [2.45, 2.75) is 13.8 Å². The lowest BCUT2D eigenvalue weighted by atomic mass is 10.1. The van der Waals surface area contributed by atoms with Crippen LogP contribution in [0.15, 0.2) is 33.5 Å². The van der Waals surface area contributed by atoms with Crippen LogP contribution in [0, 0.1) is 6.92 Å². The molecule has 0 radical (unpaired) electrons. The Morgan fingerprint density at radius 3 is 2.72 bits per heavy atom. The predicted molar refractivity (Wildman–Crippen MR) is 70.4 cm³/mol. The molecular weight excluding hydrogens is 230 g/mol. The van der Waals surface area contributed by atoms with Gasteiger partial charge in [0.15, 0.2) is 11.2 Å². The maximum absolute atomic E-state index is 12.1. The van der Waals surface area contributed by atoms with E-state index in [0.717, 1.165) is 5.56 Å². The zero-order chi connectivity index (χ0) is 13.3. The number of para-hydroxylation sites is 1. The summed E-state index contributed by atoms with van der Waals surface area (Å²) in [6, 6.07) is 5.26. The Hall–Kier alpha value is -2.36. The summed E-state index contributed by atoms with van der Waals surface area (Å²) >= 11 is 0. The first-order chi connectivity index (χ1) is 8.56. The molecule has 0 fully saturated rings. The summed E-state index contributed by atoms with van der Waals surface area (Å²) in [5.74, 6) is -0.814. The van der Waals surface area contributed by atoms with E-state index in [2.05, 4.69) is 0 Å². The number of primary amides is 1. The number of benzene rings is 1. The van der Waals surface area contributed by atoms with Gasteiger partial charge >= 0.3 is 0 Å². The number of allylic oxidation sites excluding steroid dienone is 1. The molecule has 0 aliphatic carbocycles. The summed E-state index contributed by atoms with van der Waals surface area (Å²) in [6.45, 7) is 3.40. The van der Waals surface area contributed by atoms with Crippen LogP contribution in [0.2, 0.25) is 0 Å². The van der Waals surface area contributed by atoms with Crippen molar-refractivity contribution in [2.75, 3.05) is 0 Å². The van der Waals surface area contributed by atoms with Gasteiger partial charge in [-0.05, 0) is 19.9 Å². The van der Waals surface area contributed by atoms with Gasteiger partial charge in [-0.2, -0.15) is 0 Å². The third-order valence-corrected chi connectivity index (χ3v) is 2.75. The van der Waals surface area contributed by atoms with E-state index in [-0.39, 0.29) is 16.8 Å². The number of fused-ring (bicyclic) bond motifs is 1. The van der Waals surface area contributed by atoms with Crippen LogP contribution >= 0.6 is 0 Å². The third-order valence-electron chi connectivity index (χ3n) is 2.75. The number of nitrogens with two attached hydrogens (primary N) is 1. The molecule has 0 spiro atoms. The Balaban J connectivity index is 2.96. The lowest BCUT2D eigenvalue weighted by Crippen LogP contribution is -2.18. The number of carbonyl (C=O) groups excluding carboxylic acids is 1. The molecule has 0 aliphatic heterocycles. The molecule has 2 aromatic rings. The highest BCUT2D eigenvalue weighted by Gasteiger charge is 2.15. The minimum Gasteiger partial charge on any atom is -0.450 e. The van der Waals surface area contributed by atoms with Crippen LogP contribution in [-0.2, 0) is 0 Å². The fourth-order valence-corrected chi connectivity index (χ4v) is 1.88. The molecular formula is C14H13NO3. The molecule has 4 nitrogen and oxygen atoms in total. The van der Waals surface area contributed by atoms with Crippen LogP contribution in [0.1, 0.15) is 28.6 Å². The fourth-order valence-electron chi connectivity index (χ4n) is 1.88. The normalized spacial score (nSPS) is 11.2. The molecule has 92 valence electrons. The maximum atomic E-state index is 12.1. The standard InChI is InChI=1S/C14H13NO3/c1-3-5-9-6-4-7-10-11(16)8(2)12(14(15)17)18-13(9)10/h3-7H,1-2H3,(H2,15,17)/b5-3+. The van der Waals surface area contributed by atoms with Crippen molar-refractivity contribution in [2.24, 2.45) is 5.73 Å². The van der Waals surface area contributed by atoms with Crippen LogP contribution in [0.5, 0.6) is 0 Å². The molecule has 1 amide bonds. The summed E-state index contributed by atoms with van der Waals surface area (Å²) in [6.07, 6.45) is 3.64. The number of carbonyl (C=O) groups is 1. The average Bonchev–Trinajstić information content (AvgIpc) is 2.34. The highest BCUT2D eigenvalue weighted by Crippen LogP contribution is 2.20. The zero-order valence-electron chi connectivity index (χ0n) is 10.2. The monoisotopic (exact) mass is 243 g/mol. The Labute approximate surface area is 104 Å². The Bertz CT molecular complexity index is 711. The Morgan fingerprint density at radius 2 is 2.11 bits per heavy atom. The van der Waals surface area contributed by atoms with E-state index in [1.807, 2.05) is 25.1 Å². The molecule has 2 N–H and O–H groups in total. The van der Waals surface area contributed by atoms with Crippen molar-refractivity contribution in [3.63, 3.8) is 0 Å². The smallest absolute Gasteiger partial charge is 0.284 e. The van der Waals surface area contributed by atoms with Crippen LogP contribution in [-0.4, -0.2) is 5.91 Å². The van der Waals surface area contributed by atoms with E-state index >= 15 is 0 Å². The zero-order valence-corrected chi connectivity index (χ0v) is 10.2. The first-order valence-electron chi connectivity index (χ1n) is 5.55. The van der Waals surface area contributed by atoms with Crippen molar-refractivity contribution in [3.05, 3.63) is 51.4 Å². The van der Waals surface area contributed by atoms with Crippen molar-refractivity contribution < 1.29 is 9.21 Å². The molecule has 2 rings (SSSR count). The number of hydrogen-bond donors (Lipinski definition) is 1. The quantitative estimate of drug-likeness (QED) is 0.878. The minimum atomic E-state index is -0.734.